The third-order valence-corrected chi connectivity index (χ3v) is 7.83. The van der Waals surface area contributed by atoms with Gasteiger partial charge in [-0.3, -0.25) is 4.79 Å². The number of hydrogen-bond donors (Lipinski definition) is 2. The molecule has 1 unspecified atom stereocenters. The normalized spacial score (nSPS) is 16.7. The van der Waals surface area contributed by atoms with E-state index < -0.39 is 22.0 Å². The van der Waals surface area contributed by atoms with Crippen LogP contribution in [0.1, 0.15) is 60.4 Å². The zero-order chi connectivity index (χ0) is 25.2. The summed E-state index contributed by atoms with van der Waals surface area (Å²) in [5, 5.41) is 12.6. The summed E-state index contributed by atoms with van der Waals surface area (Å²) in [5.74, 6) is -0.797. The van der Waals surface area contributed by atoms with Gasteiger partial charge in [0.1, 0.15) is 16.3 Å². The Morgan fingerprint density at radius 3 is 2.54 bits per heavy atom. The van der Waals surface area contributed by atoms with Crippen LogP contribution >= 0.6 is 0 Å². The number of aliphatic hydroxyl groups excluding tert-OH is 1. The van der Waals surface area contributed by atoms with E-state index in [-0.39, 0.29) is 30.7 Å². The van der Waals surface area contributed by atoms with Gasteiger partial charge in [-0.1, -0.05) is 48.5 Å². The molecule has 1 aromatic heterocycles. The topological polar surface area (TPSA) is 88.5 Å². The molecule has 0 spiro atoms. The van der Waals surface area contributed by atoms with Crippen molar-refractivity contribution in [3.05, 3.63) is 88.9 Å². The number of fused-ring (bicyclic) bond motifs is 1. The highest BCUT2D eigenvalue weighted by Crippen LogP contribution is 2.44. The number of nitrogens with one attached hydrogen (secondary N) is 1. The van der Waals surface area contributed by atoms with E-state index >= 15 is 0 Å². The molecule has 1 aliphatic rings. The van der Waals surface area contributed by atoms with Gasteiger partial charge in [-0.15, -0.1) is 4.31 Å². The number of nitrogens with zero attached hydrogens (tertiary/aromatic N) is 2. The van der Waals surface area contributed by atoms with Crippen LogP contribution in [-0.2, 0) is 24.5 Å². The minimum Gasteiger partial charge on any atom is -0.597 e. The van der Waals surface area contributed by atoms with Gasteiger partial charge < -0.3 is 15.0 Å². The van der Waals surface area contributed by atoms with Gasteiger partial charge in [0.05, 0.1) is 18.3 Å². The quantitative estimate of drug-likeness (QED) is 0.471. The molecule has 3 aromatic rings. The molecule has 0 bridgehead atoms. The Hall–Kier alpha value is -2.78. The molecule has 2 aromatic carbocycles. The van der Waals surface area contributed by atoms with Gasteiger partial charge in [-0.05, 0) is 44.9 Å². The van der Waals surface area contributed by atoms with Crippen LogP contribution in [0, 0.1) is 5.82 Å². The van der Waals surface area contributed by atoms with Gasteiger partial charge in [0.15, 0.2) is 0 Å². The summed E-state index contributed by atoms with van der Waals surface area (Å²) >= 11 is -1.33. The van der Waals surface area contributed by atoms with Crippen LogP contribution in [0.2, 0.25) is 0 Å². The smallest absolute Gasteiger partial charge is 0.270 e. The fraction of sp³-hybridized carbons (Fsp3) is 0.333. The van der Waals surface area contributed by atoms with Crippen LogP contribution in [0.5, 0.6) is 0 Å². The molecule has 2 N–H and O–H groups in total. The Morgan fingerprint density at radius 2 is 1.89 bits per heavy atom. The third kappa shape index (κ3) is 5.41. The number of rotatable bonds is 7. The molecule has 0 saturated heterocycles. The number of carbonyl (C=O) groups excluding carboxylic acids is 1. The molecule has 6 nitrogen and oxygen atoms in total. The van der Waals surface area contributed by atoms with Crippen LogP contribution < -0.4 is 5.32 Å². The Kier molecular flexibility index (Phi) is 7.56. The van der Waals surface area contributed by atoms with E-state index in [1.165, 1.54) is 6.07 Å². The molecule has 0 saturated carbocycles. The average Bonchev–Trinajstić information content (AvgIpc) is 3.20. The van der Waals surface area contributed by atoms with Gasteiger partial charge >= 0.3 is 0 Å². The third-order valence-electron chi connectivity index (χ3n) is 5.97. The second kappa shape index (κ2) is 10.5. The lowest BCUT2D eigenvalue weighted by molar-refractivity contribution is 0.0945. The summed E-state index contributed by atoms with van der Waals surface area (Å²) in [4.78, 5) is 17.8. The van der Waals surface area contributed by atoms with Gasteiger partial charge in [0.2, 0.25) is 0 Å². The van der Waals surface area contributed by atoms with Crippen LogP contribution in [0.3, 0.4) is 0 Å². The molecule has 4 rings (SSSR count). The lowest BCUT2D eigenvalue weighted by Crippen LogP contribution is -2.42. The van der Waals surface area contributed by atoms with E-state index in [9.17, 15) is 18.8 Å². The average molecular weight is 496 g/mol. The lowest BCUT2D eigenvalue weighted by atomic mass is 9.96. The van der Waals surface area contributed by atoms with Crippen LogP contribution in [0.15, 0.2) is 60.7 Å². The lowest BCUT2D eigenvalue weighted by Gasteiger charge is -2.33. The fourth-order valence-electron chi connectivity index (χ4n) is 4.31. The molecule has 35 heavy (non-hydrogen) atoms. The number of amides is 1. The molecule has 0 aliphatic carbocycles. The van der Waals surface area contributed by atoms with Crippen molar-refractivity contribution in [1.82, 2.24) is 14.6 Å². The van der Waals surface area contributed by atoms with Gasteiger partial charge in [-0.2, -0.15) is 0 Å². The van der Waals surface area contributed by atoms with Crippen molar-refractivity contribution in [2.75, 3.05) is 6.61 Å². The number of aromatic nitrogens is 1. The summed E-state index contributed by atoms with van der Waals surface area (Å²) < 4.78 is 28.8. The molecule has 0 fully saturated rings. The maximum atomic E-state index is 14.0. The largest absolute Gasteiger partial charge is 0.597 e. The number of pyridine rings is 1. The van der Waals surface area contributed by atoms with E-state index in [1.807, 2.05) is 55.4 Å². The zero-order valence-corrected chi connectivity index (χ0v) is 20.9. The molecule has 8 heteroatoms. The Balaban J connectivity index is 1.74. The number of hydrogen-bond acceptors (Lipinski definition) is 5. The van der Waals surface area contributed by atoms with E-state index in [0.29, 0.717) is 24.2 Å². The van der Waals surface area contributed by atoms with Crippen LogP contribution in [0.4, 0.5) is 4.39 Å². The van der Waals surface area contributed by atoms with E-state index in [4.69, 9.17) is 4.98 Å². The molecule has 2 heterocycles. The highest BCUT2D eigenvalue weighted by Gasteiger charge is 2.44. The second-order valence-electron chi connectivity index (χ2n) is 9.53. The van der Waals surface area contributed by atoms with E-state index in [1.54, 1.807) is 24.3 Å². The van der Waals surface area contributed by atoms with Crippen molar-refractivity contribution < 1.29 is 18.8 Å². The van der Waals surface area contributed by atoms with Crippen LogP contribution in [-0.4, -0.2) is 36.2 Å². The molecule has 2 atom stereocenters. The van der Waals surface area contributed by atoms with Crippen LogP contribution in [0.25, 0.3) is 11.3 Å². The number of benzene rings is 2. The maximum absolute atomic E-state index is 14.0. The zero-order valence-electron chi connectivity index (χ0n) is 20.1. The second-order valence-corrected chi connectivity index (χ2v) is 11.7. The van der Waals surface area contributed by atoms with Crippen molar-refractivity contribution in [3.63, 3.8) is 0 Å². The first kappa shape index (κ1) is 25.3. The predicted molar refractivity (Wildman–Crippen MR) is 135 cm³/mol. The first-order valence-electron chi connectivity index (χ1n) is 11.6. The summed E-state index contributed by atoms with van der Waals surface area (Å²) in [6.07, 6.45) is 0.398. The Bertz CT molecular complexity index is 1200. The summed E-state index contributed by atoms with van der Waals surface area (Å²) in [5.41, 5.74) is 3.80. The minimum atomic E-state index is -1.33. The standard InChI is InChI=1S/C27H30FN3O3S/c1-27(2,3)35(34)31-17-20-15-22(26(33)29-16-19-11-7-8-12-21(19)28)30-25(18-9-5-4-6-10-18)24(20)23(31)13-14-32/h4-12,15,23,32H,13-14,16-17H2,1-3H3,(H,29,33)/t23?,35-/m1/s1. The molecule has 1 amide bonds. The Morgan fingerprint density at radius 1 is 1.20 bits per heavy atom. The van der Waals surface area contributed by atoms with Gasteiger partial charge in [0, 0.05) is 41.2 Å². The predicted octanol–water partition coefficient (Wildman–Crippen LogP) is 4.52. The molecule has 0 radical (unpaired) electrons. The van der Waals surface area contributed by atoms with Gasteiger partial charge in [-0.25, -0.2) is 9.37 Å². The monoisotopic (exact) mass is 495 g/mol. The summed E-state index contributed by atoms with van der Waals surface area (Å²) in [7, 11) is 0. The van der Waals surface area contributed by atoms with E-state index in [0.717, 1.165) is 16.7 Å². The molecular weight excluding hydrogens is 465 g/mol. The number of carbonyl (C=O) groups is 1. The van der Waals surface area contributed by atoms with E-state index in [2.05, 4.69) is 5.32 Å². The highest BCUT2D eigenvalue weighted by atomic mass is 32.2. The summed E-state index contributed by atoms with van der Waals surface area (Å²) in [6.45, 7) is 6.10. The minimum absolute atomic E-state index is 0.0399. The van der Waals surface area contributed by atoms with Gasteiger partial charge in [0.25, 0.3) is 5.91 Å². The van der Waals surface area contributed by atoms with Crippen molar-refractivity contribution in [2.24, 2.45) is 0 Å². The first-order chi connectivity index (χ1) is 16.7. The van der Waals surface area contributed by atoms with Crippen molar-refractivity contribution in [1.29, 1.82) is 0 Å². The molecule has 184 valence electrons. The Labute approximate surface area is 208 Å². The van der Waals surface area contributed by atoms with Crippen molar-refractivity contribution >= 4 is 17.3 Å². The summed E-state index contributed by atoms with van der Waals surface area (Å²) in [6, 6.07) is 17.3. The molecular formula is C27H30FN3O3S. The fourth-order valence-corrected chi connectivity index (χ4v) is 5.71. The molecule has 1 aliphatic heterocycles. The van der Waals surface area contributed by atoms with Crippen molar-refractivity contribution in [3.8, 4) is 11.3 Å². The highest BCUT2D eigenvalue weighted by molar-refractivity contribution is 7.90. The first-order valence-corrected chi connectivity index (χ1v) is 12.7. The SMILES string of the molecule is CC(C)(C)[S@@+]([O-])N1Cc2cc(C(=O)NCc3ccccc3F)nc(-c3ccccc3)c2C1CCO. The van der Waals surface area contributed by atoms with Crippen molar-refractivity contribution in [2.45, 2.75) is 51.1 Å². The maximum Gasteiger partial charge on any atom is 0.270 e. The number of halogens is 1. The number of aliphatic hydroxyl groups is 1.